The van der Waals surface area contributed by atoms with Crippen LogP contribution >= 0.6 is 11.3 Å². The summed E-state index contributed by atoms with van der Waals surface area (Å²) in [7, 11) is 0. The molecule has 0 atom stereocenters. The molecule has 10 aromatic carbocycles. The molecule has 0 unspecified atom stereocenters. The van der Waals surface area contributed by atoms with Gasteiger partial charge in [-0.05, 0) is 83.2 Å². The zero-order valence-corrected chi connectivity index (χ0v) is 34.3. The van der Waals surface area contributed by atoms with E-state index in [1.807, 2.05) is 11.3 Å². The molecule has 0 amide bonds. The van der Waals surface area contributed by atoms with Crippen molar-refractivity contribution in [3.05, 3.63) is 218 Å². The quantitative estimate of drug-likeness (QED) is 0.167. The summed E-state index contributed by atoms with van der Waals surface area (Å²) >= 11 is 1.87. The smallest absolute Gasteiger partial charge is 0.143 e. The van der Waals surface area contributed by atoms with Gasteiger partial charge in [-0.2, -0.15) is 0 Å². The number of fused-ring (bicyclic) bond motifs is 11. The van der Waals surface area contributed by atoms with Gasteiger partial charge in [-0.25, -0.2) is 0 Å². The maximum Gasteiger partial charge on any atom is 0.143 e. The summed E-state index contributed by atoms with van der Waals surface area (Å²) < 4.78 is 11.8. The molecule has 4 heteroatoms. The Balaban J connectivity index is 1.01. The SMILES string of the molecule is c1cc(-c2ccc(N(c3ccccc3-c3cccc4c3sc3ccccc34)c3cccc4oc5c6ccccc6ccc5c34)cc2)cc(-n2c3ccccc3c3ccccc32)c1. The number of thiophene rings is 1. The third-order valence-corrected chi connectivity index (χ3v) is 13.8. The highest BCUT2D eigenvalue weighted by Gasteiger charge is 2.24. The van der Waals surface area contributed by atoms with Crippen LogP contribution in [0, 0.1) is 0 Å². The fourth-order valence-electron chi connectivity index (χ4n) is 9.81. The van der Waals surface area contributed by atoms with Crippen LogP contribution in [0.15, 0.2) is 223 Å². The summed E-state index contributed by atoms with van der Waals surface area (Å²) in [5.41, 5.74) is 13.2. The molecule has 0 radical (unpaired) electrons. The standard InChI is InChI=1S/C58H36N2OS/c1-2-17-42-38(14-1)32-35-49-56-53(27-13-28-54(56)61-57(42)49)59(52-26-9-5-20-45(52)47-22-12-23-48-46-21-6-10-29-55(46)62-58(47)48)40-33-30-37(31-34-40)39-15-11-16-41(36-39)60-50-24-7-3-18-43(50)44-19-4-8-25-51(44)60/h1-36H. The molecule has 0 aliphatic carbocycles. The van der Waals surface area contributed by atoms with Gasteiger partial charge < -0.3 is 13.9 Å². The highest BCUT2D eigenvalue weighted by atomic mass is 32.1. The van der Waals surface area contributed by atoms with E-state index >= 15 is 0 Å². The lowest BCUT2D eigenvalue weighted by Gasteiger charge is -2.29. The zero-order chi connectivity index (χ0) is 40.7. The second-order valence-electron chi connectivity index (χ2n) is 16.0. The van der Waals surface area contributed by atoms with Gasteiger partial charge in [0.1, 0.15) is 11.2 Å². The van der Waals surface area contributed by atoms with Crippen LogP contribution in [-0.4, -0.2) is 4.57 Å². The lowest BCUT2D eigenvalue weighted by atomic mass is 9.98. The average Bonchev–Trinajstić information content (AvgIpc) is 4.03. The largest absolute Gasteiger partial charge is 0.455 e. The second-order valence-corrected chi connectivity index (χ2v) is 17.1. The molecule has 3 nitrogen and oxygen atoms in total. The fraction of sp³-hybridized carbons (Fsp3) is 0. The lowest BCUT2D eigenvalue weighted by Crippen LogP contribution is -2.11. The van der Waals surface area contributed by atoms with Crippen LogP contribution in [-0.2, 0) is 0 Å². The van der Waals surface area contributed by atoms with Crippen LogP contribution < -0.4 is 4.90 Å². The summed E-state index contributed by atoms with van der Waals surface area (Å²) in [5, 5.41) is 9.56. The van der Waals surface area contributed by atoms with E-state index in [4.69, 9.17) is 4.42 Å². The van der Waals surface area contributed by atoms with Crippen molar-refractivity contribution in [2.45, 2.75) is 0 Å². The van der Waals surface area contributed by atoms with Gasteiger partial charge in [0.2, 0.25) is 0 Å². The van der Waals surface area contributed by atoms with Crippen molar-refractivity contribution < 1.29 is 4.42 Å². The molecular formula is C58H36N2OS. The molecule has 0 aliphatic rings. The highest BCUT2D eigenvalue weighted by molar-refractivity contribution is 7.26. The van der Waals surface area contributed by atoms with Gasteiger partial charge in [0.15, 0.2) is 0 Å². The van der Waals surface area contributed by atoms with Crippen LogP contribution in [0.3, 0.4) is 0 Å². The number of benzene rings is 10. The Bertz CT molecular complexity index is 3830. The van der Waals surface area contributed by atoms with Gasteiger partial charge in [0.05, 0.1) is 27.8 Å². The first-order chi connectivity index (χ1) is 30.8. The van der Waals surface area contributed by atoms with Gasteiger partial charge in [-0.15, -0.1) is 11.3 Å². The third-order valence-electron chi connectivity index (χ3n) is 12.6. The zero-order valence-electron chi connectivity index (χ0n) is 33.5. The first kappa shape index (κ1) is 34.9. The average molecular weight is 809 g/mol. The van der Waals surface area contributed by atoms with Crippen molar-refractivity contribution in [1.29, 1.82) is 0 Å². The van der Waals surface area contributed by atoms with Crippen LogP contribution in [0.25, 0.3) is 103 Å². The molecule has 13 rings (SSSR count). The molecule has 3 aromatic heterocycles. The Morgan fingerprint density at radius 3 is 1.90 bits per heavy atom. The topological polar surface area (TPSA) is 21.3 Å². The van der Waals surface area contributed by atoms with Gasteiger partial charge >= 0.3 is 0 Å². The molecule has 0 bridgehead atoms. The Morgan fingerprint density at radius 1 is 0.419 bits per heavy atom. The van der Waals surface area contributed by atoms with E-state index in [0.717, 1.165) is 66.6 Å². The van der Waals surface area contributed by atoms with Crippen LogP contribution in [0.1, 0.15) is 0 Å². The predicted octanol–water partition coefficient (Wildman–Crippen LogP) is 17.0. The number of anilines is 3. The number of hydrogen-bond donors (Lipinski definition) is 0. The number of hydrogen-bond acceptors (Lipinski definition) is 3. The normalized spacial score (nSPS) is 11.9. The van der Waals surface area contributed by atoms with Gasteiger partial charge in [-0.1, -0.05) is 152 Å². The number of rotatable bonds is 6. The van der Waals surface area contributed by atoms with Crippen molar-refractivity contribution in [2.75, 3.05) is 4.90 Å². The molecule has 0 saturated heterocycles. The first-order valence-corrected chi connectivity index (χ1v) is 21.9. The van der Waals surface area contributed by atoms with Crippen molar-refractivity contribution in [3.63, 3.8) is 0 Å². The van der Waals surface area contributed by atoms with Crippen LogP contribution in [0.4, 0.5) is 17.1 Å². The Kier molecular flexibility index (Phi) is 7.78. The molecule has 0 spiro atoms. The molecule has 3 heterocycles. The molecule has 13 aromatic rings. The second kappa shape index (κ2) is 13.8. The summed E-state index contributed by atoms with van der Waals surface area (Å²) in [6.07, 6.45) is 0. The summed E-state index contributed by atoms with van der Waals surface area (Å²) in [4.78, 5) is 2.44. The van der Waals surface area contributed by atoms with Crippen molar-refractivity contribution in [2.24, 2.45) is 0 Å². The van der Waals surface area contributed by atoms with Crippen molar-refractivity contribution in [3.8, 4) is 27.9 Å². The molecule has 290 valence electrons. The van der Waals surface area contributed by atoms with Gasteiger partial charge in [0.25, 0.3) is 0 Å². The van der Waals surface area contributed by atoms with Crippen LogP contribution in [0.5, 0.6) is 0 Å². The molecule has 0 saturated carbocycles. The number of furan rings is 1. The first-order valence-electron chi connectivity index (χ1n) is 21.1. The van der Waals surface area contributed by atoms with E-state index in [1.165, 1.54) is 53.1 Å². The fourth-order valence-corrected chi connectivity index (χ4v) is 11.0. The minimum absolute atomic E-state index is 0.862. The van der Waals surface area contributed by atoms with E-state index in [1.54, 1.807) is 0 Å². The van der Waals surface area contributed by atoms with Gasteiger partial charge in [-0.3, -0.25) is 0 Å². The maximum absolute atomic E-state index is 6.78. The van der Waals surface area contributed by atoms with Gasteiger partial charge in [0, 0.05) is 64.2 Å². The van der Waals surface area contributed by atoms with Crippen molar-refractivity contribution in [1.82, 2.24) is 4.57 Å². The third kappa shape index (κ3) is 5.30. The number of aromatic nitrogens is 1. The molecular weight excluding hydrogens is 773 g/mol. The molecule has 0 fully saturated rings. The van der Waals surface area contributed by atoms with E-state index in [0.29, 0.717) is 0 Å². The Labute approximate surface area is 361 Å². The molecule has 0 N–H and O–H groups in total. The van der Waals surface area contributed by atoms with E-state index in [9.17, 15) is 0 Å². The Morgan fingerprint density at radius 2 is 1.06 bits per heavy atom. The lowest BCUT2D eigenvalue weighted by molar-refractivity contribution is 0.672. The van der Waals surface area contributed by atoms with Crippen LogP contribution in [0.2, 0.25) is 0 Å². The highest BCUT2D eigenvalue weighted by Crippen LogP contribution is 2.49. The molecule has 0 aliphatic heterocycles. The summed E-state index contributed by atoms with van der Waals surface area (Å²) in [6.45, 7) is 0. The minimum Gasteiger partial charge on any atom is -0.455 e. The van der Waals surface area contributed by atoms with E-state index < -0.39 is 0 Å². The maximum atomic E-state index is 6.78. The van der Waals surface area contributed by atoms with E-state index in [2.05, 4.69) is 228 Å². The number of para-hydroxylation sites is 3. The monoisotopic (exact) mass is 808 g/mol. The Hall–Kier alpha value is -7.92. The van der Waals surface area contributed by atoms with E-state index in [-0.39, 0.29) is 0 Å². The molecule has 62 heavy (non-hydrogen) atoms. The predicted molar refractivity (Wildman–Crippen MR) is 264 cm³/mol. The minimum atomic E-state index is 0.862. The number of nitrogens with zero attached hydrogens (tertiary/aromatic N) is 2. The summed E-state index contributed by atoms with van der Waals surface area (Å²) in [5.74, 6) is 0. The van der Waals surface area contributed by atoms with Crippen molar-refractivity contribution >= 4 is 103 Å². The summed E-state index contributed by atoms with van der Waals surface area (Å²) in [6, 6.07) is 79.1.